The Kier molecular flexibility index (Phi) is 6.28. The van der Waals surface area contributed by atoms with Gasteiger partial charge in [0.25, 0.3) is 5.91 Å². The van der Waals surface area contributed by atoms with Crippen molar-refractivity contribution in [1.82, 2.24) is 9.47 Å². The number of unbranched alkanes of at least 4 members (excludes halogenated alkanes) is 1. The molecule has 174 valence electrons. The highest BCUT2D eigenvalue weighted by Crippen LogP contribution is 2.46. The van der Waals surface area contributed by atoms with Crippen molar-refractivity contribution in [2.24, 2.45) is 13.0 Å². The Morgan fingerprint density at radius 3 is 2.35 bits per heavy atom. The zero-order valence-corrected chi connectivity index (χ0v) is 20.5. The molecule has 34 heavy (non-hydrogen) atoms. The Labute approximate surface area is 203 Å². The summed E-state index contributed by atoms with van der Waals surface area (Å²) in [5, 5.41) is 1.23. The second kappa shape index (κ2) is 9.50. The third kappa shape index (κ3) is 3.73. The van der Waals surface area contributed by atoms with Crippen molar-refractivity contribution in [2.45, 2.75) is 45.6 Å². The van der Waals surface area contributed by atoms with Crippen molar-refractivity contribution < 1.29 is 4.79 Å². The fourth-order valence-corrected chi connectivity index (χ4v) is 5.71. The topological polar surface area (TPSA) is 25.2 Å². The SMILES string of the molecule is CCCCC(CC)CN1C(=O)c2ccccc2C1c1c(-c2ccccc2)n(C)c2ccccc12. The van der Waals surface area contributed by atoms with Crippen LogP contribution in [0.4, 0.5) is 0 Å². The van der Waals surface area contributed by atoms with E-state index in [1.807, 2.05) is 12.1 Å². The highest BCUT2D eigenvalue weighted by molar-refractivity contribution is 6.02. The molecule has 1 aromatic heterocycles. The minimum atomic E-state index is -0.0827. The van der Waals surface area contributed by atoms with Crippen LogP contribution in [0.2, 0.25) is 0 Å². The van der Waals surface area contributed by atoms with E-state index >= 15 is 0 Å². The smallest absolute Gasteiger partial charge is 0.255 e. The zero-order valence-electron chi connectivity index (χ0n) is 20.5. The summed E-state index contributed by atoms with van der Waals surface area (Å²) >= 11 is 0. The van der Waals surface area contributed by atoms with E-state index in [1.54, 1.807) is 0 Å². The summed E-state index contributed by atoms with van der Waals surface area (Å²) in [5.74, 6) is 0.679. The number of amides is 1. The molecule has 0 radical (unpaired) electrons. The van der Waals surface area contributed by atoms with E-state index < -0.39 is 0 Å². The first-order valence-corrected chi connectivity index (χ1v) is 12.7. The van der Waals surface area contributed by atoms with Crippen molar-refractivity contribution in [2.75, 3.05) is 6.54 Å². The number of para-hydroxylation sites is 1. The Morgan fingerprint density at radius 2 is 1.59 bits per heavy atom. The molecule has 3 aromatic carbocycles. The number of carbonyl (C=O) groups excluding carboxylic acids is 1. The standard InChI is InChI=1S/C31H34N2O/c1-4-6-14-22(5-2)21-33-30(24-17-10-11-18-25(24)31(33)34)28-26-19-12-13-20-27(26)32(3)29(28)23-15-8-7-9-16-23/h7-13,15-20,22,30H,4-6,14,21H2,1-3H3. The number of hydrogen-bond donors (Lipinski definition) is 0. The van der Waals surface area contributed by atoms with Crippen molar-refractivity contribution in [1.29, 1.82) is 0 Å². The van der Waals surface area contributed by atoms with Gasteiger partial charge in [-0.15, -0.1) is 0 Å². The van der Waals surface area contributed by atoms with Gasteiger partial charge in [-0.1, -0.05) is 99.8 Å². The summed E-state index contributed by atoms with van der Waals surface area (Å²) in [6, 6.07) is 27.4. The largest absolute Gasteiger partial charge is 0.343 e. The monoisotopic (exact) mass is 450 g/mol. The molecule has 2 atom stereocenters. The van der Waals surface area contributed by atoms with E-state index in [2.05, 4.69) is 97.1 Å². The first-order valence-electron chi connectivity index (χ1n) is 12.7. The fraction of sp³-hybridized carbons (Fsp3) is 0.323. The van der Waals surface area contributed by atoms with Gasteiger partial charge in [-0.2, -0.15) is 0 Å². The fourth-order valence-electron chi connectivity index (χ4n) is 5.71. The number of nitrogens with zero attached hydrogens (tertiary/aromatic N) is 2. The van der Waals surface area contributed by atoms with Gasteiger partial charge >= 0.3 is 0 Å². The Balaban J connectivity index is 1.73. The molecule has 1 aliphatic heterocycles. The summed E-state index contributed by atoms with van der Waals surface area (Å²) < 4.78 is 2.30. The molecule has 4 aromatic rings. The van der Waals surface area contributed by atoms with E-state index in [0.717, 1.165) is 24.1 Å². The summed E-state index contributed by atoms with van der Waals surface area (Å²) in [6.45, 7) is 5.30. The Morgan fingerprint density at radius 1 is 0.882 bits per heavy atom. The third-order valence-electron chi connectivity index (χ3n) is 7.52. The van der Waals surface area contributed by atoms with Gasteiger partial charge in [0.15, 0.2) is 0 Å². The number of carbonyl (C=O) groups is 1. The average molecular weight is 451 g/mol. The second-order valence-corrected chi connectivity index (χ2v) is 9.57. The minimum absolute atomic E-state index is 0.0827. The molecule has 5 rings (SSSR count). The molecule has 0 fully saturated rings. The maximum absolute atomic E-state index is 13.8. The van der Waals surface area contributed by atoms with Crippen molar-refractivity contribution in [3.05, 3.63) is 95.6 Å². The highest BCUT2D eigenvalue weighted by Gasteiger charge is 2.41. The van der Waals surface area contributed by atoms with Crippen LogP contribution >= 0.6 is 0 Å². The molecule has 3 nitrogen and oxygen atoms in total. The van der Waals surface area contributed by atoms with E-state index in [4.69, 9.17) is 0 Å². The molecule has 0 aliphatic carbocycles. The van der Waals surface area contributed by atoms with E-state index in [0.29, 0.717) is 5.92 Å². The number of benzene rings is 3. The molecule has 1 aliphatic rings. The van der Waals surface area contributed by atoms with Crippen LogP contribution in [-0.2, 0) is 7.05 Å². The Bertz CT molecular complexity index is 1300. The highest BCUT2D eigenvalue weighted by atomic mass is 16.2. The molecular formula is C31H34N2O. The zero-order chi connectivity index (χ0) is 23.7. The van der Waals surface area contributed by atoms with Crippen LogP contribution in [0, 0.1) is 5.92 Å². The van der Waals surface area contributed by atoms with Crippen LogP contribution in [-0.4, -0.2) is 21.9 Å². The van der Waals surface area contributed by atoms with Crippen LogP contribution in [0.3, 0.4) is 0 Å². The molecule has 1 amide bonds. The number of rotatable bonds is 8. The second-order valence-electron chi connectivity index (χ2n) is 9.57. The van der Waals surface area contributed by atoms with Gasteiger partial charge in [0.2, 0.25) is 0 Å². The number of fused-ring (bicyclic) bond motifs is 2. The van der Waals surface area contributed by atoms with Crippen molar-refractivity contribution >= 4 is 16.8 Å². The van der Waals surface area contributed by atoms with Gasteiger partial charge < -0.3 is 9.47 Å². The number of aryl methyl sites for hydroxylation is 1. The summed E-state index contributed by atoms with van der Waals surface area (Å²) in [6.07, 6.45) is 4.66. The molecule has 0 saturated heterocycles. The maximum Gasteiger partial charge on any atom is 0.255 e. The average Bonchev–Trinajstić information content (AvgIpc) is 3.33. The van der Waals surface area contributed by atoms with Crippen molar-refractivity contribution in [3.8, 4) is 11.3 Å². The molecular weight excluding hydrogens is 416 g/mol. The van der Waals surface area contributed by atoms with Gasteiger partial charge in [0, 0.05) is 35.6 Å². The van der Waals surface area contributed by atoms with Crippen LogP contribution in [0.1, 0.15) is 67.1 Å². The Hall–Kier alpha value is -3.33. The minimum Gasteiger partial charge on any atom is -0.343 e. The summed E-state index contributed by atoms with van der Waals surface area (Å²) in [4.78, 5) is 16.0. The van der Waals surface area contributed by atoms with Gasteiger partial charge in [-0.25, -0.2) is 0 Å². The van der Waals surface area contributed by atoms with Crippen LogP contribution < -0.4 is 0 Å². The third-order valence-corrected chi connectivity index (χ3v) is 7.52. The van der Waals surface area contributed by atoms with E-state index in [1.165, 1.54) is 47.0 Å². The lowest BCUT2D eigenvalue weighted by Gasteiger charge is -2.30. The normalized spacial score (nSPS) is 16.3. The van der Waals surface area contributed by atoms with Crippen LogP contribution in [0.15, 0.2) is 78.9 Å². The lowest BCUT2D eigenvalue weighted by molar-refractivity contribution is 0.0714. The lowest BCUT2D eigenvalue weighted by atomic mass is 9.92. The van der Waals surface area contributed by atoms with Crippen LogP contribution in [0.5, 0.6) is 0 Å². The maximum atomic E-state index is 13.8. The van der Waals surface area contributed by atoms with Gasteiger partial charge in [0.05, 0.1) is 11.7 Å². The van der Waals surface area contributed by atoms with Gasteiger partial charge in [-0.3, -0.25) is 4.79 Å². The molecule has 0 bridgehead atoms. The van der Waals surface area contributed by atoms with E-state index in [9.17, 15) is 4.79 Å². The van der Waals surface area contributed by atoms with Gasteiger partial charge in [-0.05, 0) is 35.6 Å². The predicted octanol–water partition coefficient (Wildman–Crippen LogP) is 7.61. The summed E-state index contributed by atoms with van der Waals surface area (Å²) in [5.41, 5.74) is 6.81. The molecule has 0 N–H and O–H groups in total. The molecule has 0 spiro atoms. The van der Waals surface area contributed by atoms with Crippen LogP contribution in [0.25, 0.3) is 22.2 Å². The molecule has 2 unspecified atom stereocenters. The first-order chi connectivity index (χ1) is 16.7. The molecule has 3 heteroatoms. The summed E-state index contributed by atoms with van der Waals surface area (Å²) in [7, 11) is 2.15. The van der Waals surface area contributed by atoms with Crippen molar-refractivity contribution in [3.63, 3.8) is 0 Å². The van der Waals surface area contributed by atoms with Gasteiger partial charge in [0.1, 0.15) is 0 Å². The number of hydrogen-bond acceptors (Lipinski definition) is 1. The lowest BCUT2D eigenvalue weighted by Crippen LogP contribution is -2.33. The molecule has 2 heterocycles. The van der Waals surface area contributed by atoms with E-state index in [-0.39, 0.29) is 11.9 Å². The predicted molar refractivity (Wildman–Crippen MR) is 141 cm³/mol. The first kappa shape index (κ1) is 22.5. The quantitative estimate of drug-likeness (QED) is 0.271. The number of aromatic nitrogens is 1. The molecule has 0 saturated carbocycles.